The van der Waals surface area contributed by atoms with Gasteiger partial charge in [-0.25, -0.2) is 8.42 Å². The van der Waals surface area contributed by atoms with E-state index in [1.807, 2.05) is 22.5 Å². The van der Waals surface area contributed by atoms with Gasteiger partial charge in [-0.3, -0.25) is 0 Å². The van der Waals surface area contributed by atoms with E-state index >= 15 is 0 Å². The molecule has 1 aromatic rings. The van der Waals surface area contributed by atoms with Crippen LogP contribution in [0.2, 0.25) is 0 Å². The highest BCUT2D eigenvalue weighted by atomic mass is 32.2. The van der Waals surface area contributed by atoms with Crippen molar-refractivity contribution in [2.75, 3.05) is 19.6 Å². The average molecular weight is 447 g/mol. The van der Waals surface area contributed by atoms with E-state index in [0.717, 1.165) is 70.9 Å². The van der Waals surface area contributed by atoms with Crippen LogP contribution in [0.4, 0.5) is 0 Å². The SMILES string of the molecule is CC(C)CN1CCC(OC2C[C@H]3CC[C@@H](C2)N3S(=O)(=O)c2ccc3c(c2)CCC3)CC1. The van der Waals surface area contributed by atoms with E-state index in [-0.39, 0.29) is 18.2 Å². The largest absolute Gasteiger partial charge is 0.375 e. The molecule has 4 aliphatic rings. The van der Waals surface area contributed by atoms with Crippen molar-refractivity contribution < 1.29 is 13.2 Å². The maximum atomic E-state index is 13.5. The number of fused-ring (bicyclic) bond motifs is 3. The second kappa shape index (κ2) is 8.77. The molecule has 5 nitrogen and oxygen atoms in total. The zero-order chi connectivity index (χ0) is 21.6. The molecule has 6 heteroatoms. The highest BCUT2D eigenvalue weighted by Crippen LogP contribution is 2.41. The number of rotatable bonds is 6. The summed E-state index contributed by atoms with van der Waals surface area (Å²) in [5.74, 6) is 0.713. The molecule has 1 unspecified atom stereocenters. The molecule has 0 amide bonds. The van der Waals surface area contributed by atoms with E-state index < -0.39 is 10.0 Å². The lowest BCUT2D eigenvalue weighted by molar-refractivity contribution is -0.0696. The Labute approximate surface area is 188 Å². The van der Waals surface area contributed by atoms with Gasteiger partial charge >= 0.3 is 0 Å². The van der Waals surface area contributed by atoms with Crippen LogP contribution in [0.25, 0.3) is 0 Å². The summed E-state index contributed by atoms with van der Waals surface area (Å²) in [7, 11) is -3.42. The molecule has 3 fully saturated rings. The maximum Gasteiger partial charge on any atom is 0.243 e. The number of nitrogens with zero attached hydrogens (tertiary/aromatic N) is 2. The summed E-state index contributed by atoms with van der Waals surface area (Å²) in [6, 6.07) is 6.03. The molecule has 2 bridgehead atoms. The molecule has 172 valence electrons. The third-order valence-corrected chi connectivity index (χ3v) is 9.81. The highest BCUT2D eigenvalue weighted by Gasteiger charge is 2.48. The van der Waals surface area contributed by atoms with Gasteiger partial charge in [-0.2, -0.15) is 4.31 Å². The van der Waals surface area contributed by atoms with Crippen LogP contribution in [0.5, 0.6) is 0 Å². The molecule has 0 aromatic heterocycles. The van der Waals surface area contributed by atoms with Crippen molar-refractivity contribution in [2.45, 2.75) is 101 Å². The molecule has 0 N–H and O–H groups in total. The quantitative estimate of drug-likeness (QED) is 0.663. The maximum absolute atomic E-state index is 13.5. The van der Waals surface area contributed by atoms with Crippen molar-refractivity contribution in [3.05, 3.63) is 29.3 Å². The average Bonchev–Trinajstić information content (AvgIpc) is 3.31. The van der Waals surface area contributed by atoms with Crippen LogP contribution < -0.4 is 0 Å². The van der Waals surface area contributed by atoms with Gasteiger partial charge in [-0.05, 0) is 87.0 Å². The summed E-state index contributed by atoms with van der Waals surface area (Å²) in [6.45, 7) is 7.99. The number of likely N-dealkylation sites (tertiary alicyclic amines) is 1. The molecule has 3 heterocycles. The molecular weight excluding hydrogens is 408 g/mol. The molecule has 0 saturated carbocycles. The zero-order valence-electron chi connectivity index (χ0n) is 19.1. The Bertz CT molecular complexity index is 878. The topological polar surface area (TPSA) is 49.9 Å². The van der Waals surface area contributed by atoms with Crippen molar-refractivity contribution in [3.8, 4) is 0 Å². The monoisotopic (exact) mass is 446 g/mol. The summed E-state index contributed by atoms with van der Waals surface area (Å²) in [5, 5.41) is 0. The number of hydrogen-bond donors (Lipinski definition) is 0. The number of hydrogen-bond acceptors (Lipinski definition) is 4. The van der Waals surface area contributed by atoms with Gasteiger partial charge in [0.25, 0.3) is 0 Å². The highest BCUT2D eigenvalue weighted by molar-refractivity contribution is 7.89. The molecule has 0 spiro atoms. The van der Waals surface area contributed by atoms with Crippen LogP contribution in [0, 0.1) is 5.92 Å². The van der Waals surface area contributed by atoms with Crippen LogP contribution in [-0.2, 0) is 27.6 Å². The minimum atomic E-state index is -3.42. The van der Waals surface area contributed by atoms with Gasteiger partial charge in [0.2, 0.25) is 10.0 Å². The number of aryl methyl sites for hydroxylation is 2. The Morgan fingerprint density at radius 2 is 1.65 bits per heavy atom. The normalized spacial score (nSPS) is 30.2. The lowest BCUT2D eigenvalue weighted by Gasteiger charge is -2.40. The summed E-state index contributed by atoms with van der Waals surface area (Å²) in [4.78, 5) is 3.06. The Kier molecular flexibility index (Phi) is 6.19. The van der Waals surface area contributed by atoms with Gasteiger partial charge in [-0.15, -0.1) is 0 Å². The molecule has 3 saturated heterocycles. The molecule has 0 radical (unpaired) electrons. The van der Waals surface area contributed by atoms with Crippen molar-refractivity contribution in [1.82, 2.24) is 9.21 Å². The lowest BCUT2D eigenvalue weighted by Crippen LogP contribution is -2.49. The van der Waals surface area contributed by atoms with Crippen molar-refractivity contribution in [1.29, 1.82) is 0 Å². The standard InChI is InChI=1S/C25H38N2O3S/c1-18(2)17-26-12-10-23(11-13-26)30-24-15-21-7-8-22(16-24)27(21)31(28,29)25-9-6-19-4-3-5-20(19)14-25/h6,9,14,18,21-24H,3-5,7-8,10-13,15-17H2,1-2H3/t21-,22+,24?. The summed E-state index contributed by atoms with van der Waals surface area (Å²) in [6.07, 6.45) is 9.66. The Morgan fingerprint density at radius 3 is 2.32 bits per heavy atom. The molecule has 3 atom stereocenters. The van der Waals surface area contributed by atoms with Crippen molar-refractivity contribution >= 4 is 10.0 Å². The molecule has 31 heavy (non-hydrogen) atoms. The summed E-state index contributed by atoms with van der Waals surface area (Å²) in [5.41, 5.74) is 2.56. The van der Waals surface area contributed by atoms with Crippen LogP contribution in [0.3, 0.4) is 0 Å². The number of ether oxygens (including phenoxy) is 1. The van der Waals surface area contributed by atoms with E-state index in [9.17, 15) is 8.42 Å². The fourth-order valence-corrected chi connectivity index (χ4v) is 8.38. The number of benzene rings is 1. The number of piperidine rings is 2. The van der Waals surface area contributed by atoms with E-state index in [0.29, 0.717) is 16.9 Å². The first-order valence-electron chi connectivity index (χ1n) is 12.4. The second-order valence-corrected chi connectivity index (χ2v) is 12.5. The minimum absolute atomic E-state index is 0.100. The van der Waals surface area contributed by atoms with Gasteiger partial charge in [0, 0.05) is 31.7 Å². The molecule has 5 rings (SSSR count). The van der Waals surface area contributed by atoms with Crippen LogP contribution in [0.15, 0.2) is 23.1 Å². The molecular formula is C25H38N2O3S. The fraction of sp³-hybridized carbons (Fsp3) is 0.760. The van der Waals surface area contributed by atoms with Gasteiger partial charge in [0.15, 0.2) is 0 Å². The first-order chi connectivity index (χ1) is 14.9. The third-order valence-electron chi connectivity index (χ3n) is 7.81. The third kappa shape index (κ3) is 4.46. The van der Waals surface area contributed by atoms with Gasteiger partial charge in [0.05, 0.1) is 17.1 Å². The predicted molar refractivity (Wildman–Crippen MR) is 123 cm³/mol. The van der Waals surface area contributed by atoms with Gasteiger partial charge in [-0.1, -0.05) is 19.9 Å². The predicted octanol–water partition coefficient (Wildman–Crippen LogP) is 4.00. The second-order valence-electron chi connectivity index (χ2n) is 10.6. The van der Waals surface area contributed by atoms with Crippen LogP contribution in [0.1, 0.15) is 69.9 Å². The van der Waals surface area contributed by atoms with Crippen LogP contribution in [-0.4, -0.2) is 61.5 Å². The van der Waals surface area contributed by atoms with Gasteiger partial charge in [0.1, 0.15) is 0 Å². The Morgan fingerprint density at radius 1 is 0.968 bits per heavy atom. The van der Waals surface area contributed by atoms with E-state index in [2.05, 4.69) is 18.7 Å². The fourth-order valence-electron chi connectivity index (χ4n) is 6.43. The van der Waals surface area contributed by atoms with E-state index in [4.69, 9.17) is 4.74 Å². The Hall–Kier alpha value is -0.950. The first kappa shape index (κ1) is 21.9. The lowest BCUT2D eigenvalue weighted by atomic mass is 10.0. The molecule has 1 aliphatic carbocycles. The Balaban J connectivity index is 1.21. The smallest absolute Gasteiger partial charge is 0.243 e. The summed E-state index contributed by atoms with van der Waals surface area (Å²) < 4.78 is 35.5. The van der Waals surface area contributed by atoms with Crippen molar-refractivity contribution in [3.63, 3.8) is 0 Å². The van der Waals surface area contributed by atoms with E-state index in [1.165, 1.54) is 17.7 Å². The first-order valence-corrected chi connectivity index (χ1v) is 13.9. The molecule has 1 aromatic carbocycles. The van der Waals surface area contributed by atoms with E-state index in [1.54, 1.807) is 0 Å². The van der Waals surface area contributed by atoms with Gasteiger partial charge < -0.3 is 9.64 Å². The summed E-state index contributed by atoms with van der Waals surface area (Å²) >= 11 is 0. The minimum Gasteiger partial charge on any atom is -0.375 e. The zero-order valence-corrected chi connectivity index (χ0v) is 19.9. The number of sulfonamides is 1. The molecule has 3 aliphatic heterocycles. The van der Waals surface area contributed by atoms with Crippen molar-refractivity contribution in [2.24, 2.45) is 5.92 Å². The van der Waals surface area contributed by atoms with Crippen LogP contribution >= 0.6 is 0 Å².